The summed E-state index contributed by atoms with van der Waals surface area (Å²) >= 11 is 0. The van der Waals surface area contributed by atoms with Gasteiger partial charge in [-0.15, -0.1) is 6.92 Å². The molecule has 1 fully saturated rings. The zero-order valence-corrected chi connectivity index (χ0v) is 9.18. The van der Waals surface area contributed by atoms with Crippen molar-refractivity contribution < 1.29 is 18.9 Å². The molecule has 0 aromatic heterocycles. The average Bonchev–Trinajstić information content (AvgIpc) is 2.33. The van der Waals surface area contributed by atoms with Crippen LogP contribution < -0.4 is 18.9 Å². The van der Waals surface area contributed by atoms with Gasteiger partial charge in [-0.2, -0.15) is 0 Å². The summed E-state index contributed by atoms with van der Waals surface area (Å²) in [7, 11) is 0. The molecule has 0 aromatic carbocycles. The molecule has 2 heteroatoms. The van der Waals surface area contributed by atoms with Gasteiger partial charge in [0.15, 0.2) is 0 Å². The molecule has 1 aliphatic heterocycles. The number of likely N-dealkylation sites (tertiary alicyclic amines) is 1. The van der Waals surface area contributed by atoms with Crippen molar-refractivity contribution >= 4 is 0 Å². The molecule has 1 saturated heterocycles. The Morgan fingerprint density at radius 1 is 1.23 bits per heavy atom. The molecule has 1 rings (SSSR count). The van der Waals surface area contributed by atoms with Crippen molar-refractivity contribution in [3.05, 3.63) is 18.6 Å². The summed E-state index contributed by atoms with van der Waals surface area (Å²) in [4.78, 5) is 2.55. The molecule has 13 heavy (non-hydrogen) atoms. The molecule has 0 radical (unpaired) electrons. The molecule has 1 heterocycles. The number of rotatable bonds is 2. The SMILES string of the molecule is [CH2-]C=C(C)CN1CCCCCC1.[Li+]. The molecule has 0 spiro atoms. The fraction of sp³-hybridized carbons (Fsp3) is 0.727. The third-order valence-corrected chi connectivity index (χ3v) is 2.52. The van der Waals surface area contributed by atoms with Crippen LogP contribution >= 0.6 is 0 Å². The summed E-state index contributed by atoms with van der Waals surface area (Å²) < 4.78 is 0. The maximum Gasteiger partial charge on any atom is 1.00 e. The molecule has 1 nitrogen and oxygen atoms in total. The van der Waals surface area contributed by atoms with Crippen LogP contribution in [0.5, 0.6) is 0 Å². The second-order valence-electron chi connectivity index (χ2n) is 3.74. The third kappa shape index (κ3) is 5.47. The minimum atomic E-state index is 0. The Bertz CT molecular complexity index is 146. The number of hydrogen-bond donors (Lipinski definition) is 0. The van der Waals surface area contributed by atoms with Crippen LogP contribution in [0, 0.1) is 6.92 Å². The Morgan fingerprint density at radius 3 is 2.23 bits per heavy atom. The zero-order valence-electron chi connectivity index (χ0n) is 9.18. The second kappa shape index (κ2) is 7.56. The summed E-state index contributed by atoms with van der Waals surface area (Å²) in [5.41, 5.74) is 1.40. The van der Waals surface area contributed by atoms with Gasteiger partial charge in [-0.1, -0.05) is 12.8 Å². The number of nitrogens with zero attached hydrogens (tertiary/aromatic N) is 1. The quantitative estimate of drug-likeness (QED) is 0.407. The Labute approximate surface area is 94.8 Å². The van der Waals surface area contributed by atoms with Crippen molar-refractivity contribution in [3.8, 4) is 0 Å². The molecule has 0 aliphatic carbocycles. The molecule has 0 unspecified atom stereocenters. The van der Waals surface area contributed by atoms with E-state index in [1.54, 1.807) is 0 Å². The fourth-order valence-electron chi connectivity index (χ4n) is 1.71. The van der Waals surface area contributed by atoms with Crippen LogP contribution in [0.15, 0.2) is 11.6 Å². The molecular formula is C11H20LiN. The van der Waals surface area contributed by atoms with Gasteiger partial charge in [0.25, 0.3) is 0 Å². The first-order valence-electron chi connectivity index (χ1n) is 5.00. The van der Waals surface area contributed by atoms with Crippen LogP contribution in [-0.4, -0.2) is 24.5 Å². The molecular weight excluding hydrogens is 153 g/mol. The van der Waals surface area contributed by atoms with Crippen LogP contribution in [0.2, 0.25) is 0 Å². The number of allylic oxidation sites excluding steroid dienone is 1. The van der Waals surface area contributed by atoms with Crippen LogP contribution in [0.4, 0.5) is 0 Å². The molecule has 0 saturated carbocycles. The summed E-state index contributed by atoms with van der Waals surface area (Å²) in [6.45, 7) is 9.64. The van der Waals surface area contributed by atoms with Gasteiger partial charge in [0.05, 0.1) is 0 Å². The first kappa shape index (κ1) is 13.2. The Hall–Kier alpha value is 0.167. The first-order chi connectivity index (χ1) is 5.83. The zero-order chi connectivity index (χ0) is 8.81. The van der Waals surface area contributed by atoms with E-state index in [1.807, 2.05) is 6.08 Å². The van der Waals surface area contributed by atoms with Crippen molar-refractivity contribution in [2.24, 2.45) is 0 Å². The van der Waals surface area contributed by atoms with Gasteiger partial charge >= 0.3 is 18.9 Å². The third-order valence-electron chi connectivity index (χ3n) is 2.52. The van der Waals surface area contributed by atoms with Crippen molar-refractivity contribution in [1.82, 2.24) is 4.90 Å². The predicted octanol–water partition coefficient (Wildman–Crippen LogP) is -0.353. The monoisotopic (exact) mass is 173 g/mol. The van der Waals surface area contributed by atoms with Crippen LogP contribution in [0.25, 0.3) is 0 Å². The van der Waals surface area contributed by atoms with Crippen LogP contribution in [0.1, 0.15) is 32.6 Å². The van der Waals surface area contributed by atoms with Gasteiger partial charge in [-0.25, -0.2) is 18.6 Å². The van der Waals surface area contributed by atoms with Gasteiger partial charge < -0.3 is 4.90 Å². The first-order valence-corrected chi connectivity index (χ1v) is 5.00. The Balaban J connectivity index is 0.00000144. The molecule has 1 aliphatic rings. The Kier molecular flexibility index (Phi) is 7.66. The van der Waals surface area contributed by atoms with E-state index in [0.717, 1.165) is 6.54 Å². The number of hydrogen-bond acceptors (Lipinski definition) is 1. The Morgan fingerprint density at radius 2 is 1.77 bits per heavy atom. The van der Waals surface area contributed by atoms with E-state index in [-0.39, 0.29) is 18.9 Å². The van der Waals surface area contributed by atoms with E-state index in [1.165, 1.54) is 44.3 Å². The molecule has 70 valence electrons. The second-order valence-corrected chi connectivity index (χ2v) is 3.74. The van der Waals surface area contributed by atoms with Crippen molar-refractivity contribution in [1.29, 1.82) is 0 Å². The predicted molar refractivity (Wildman–Crippen MR) is 54.0 cm³/mol. The molecule has 0 amide bonds. The largest absolute Gasteiger partial charge is 1.00 e. The maximum absolute atomic E-state index is 3.79. The molecule has 0 atom stereocenters. The van der Waals surface area contributed by atoms with E-state index in [2.05, 4.69) is 18.7 Å². The summed E-state index contributed by atoms with van der Waals surface area (Å²) in [5.74, 6) is 0. The van der Waals surface area contributed by atoms with E-state index in [0.29, 0.717) is 0 Å². The molecule has 0 N–H and O–H groups in total. The summed E-state index contributed by atoms with van der Waals surface area (Å²) in [6, 6.07) is 0. The van der Waals surface area contributed by atoms with Crippen LogP contribution in [-0.2, 0) is 0 Å². The normalized spacial score (nSPS) is 20.5. The smallest absolute Gasteiger partial charge is 0.316 e. The summed E-state index contributed by atoms with van der Waals surface area (Å²) in [6.07, 6.45) is 7.58. The maximum atomic E-state index is 3.79. The van der Waals surface area contributed by atoms with Crippen molar-refractivity contribution in [2.75, 3.05) is 19.6 Å². The minimum Gasteiger partial charge on any atom is -0.316 e. The van der Waals surface area contributed by atoms with E-state index >= 15 is 0 Å². The standard InChI is InChI=1S/C11H20N.Li/c1-3-11(2)10-12-8-6-4-5-7-9-12;/h3H,1,4-10H2,2H3;/q-1;+1. The van der Waals surface area contributed by atoms with Crippen molar-refractivity contribution in [2.45, 2.75) is 32.6 Å². The minimum absolute atomic E-state index is 0. The van der Waals surface area contributed by atoms with E-state index < -0.39 is 0 Å². The van der Waals surface area contributed by atoms with Gasteiger partial charge in [0.1, 0.15) is 0 Å². The molecule has 0 aromatic rings. The van der Waals surface area contributed by atoms with E-state index in [9.17, 15) is 0 Å². The van der Waals surface area contributed by atoms with E-state index in [4.69, 9.17) is 0 Å². The van der Waals surface area contributed by atoms with Crippen molar-refractivity contribution in [3.63, 3.8) is 0 Å². The molecule has 0 bridgehead atoms. The van der Waals surface area contributed by atoms with Gasteiger partial charge in [-0.3, -0.25) is 0 Å². The summed E-state index contributed by atoms with van der Waals surface area (Å²) in [5, 5.41) is 0. The fourth-order valence-corrected chi connectivity index (χ4v) is 1.71. The van der Waals surface area contributed by atoms with Gasteiger partial charge in [0, 0.05) is 0 Å². The van der Waals surface area contributed by atoms with Crippen LogP contribution in [0.3, 0.4) is 0 Å². The topological polar surface area (TPSA) is 3.24 Å². The average molecular weight is 173 g/mol. The van der Waals surface area contributed by atoms with Gasteiger partial charge in [-0.05, 0) is 32.5 Å². The van der Waals surface area contributed by atoms with Gasteiger partial charge in [0.2, 0.25) is 0 Å².